The Hall–Kier alpha value is -1.39. The SMILES string of the molecule is CNc1cccc(CNCc2cc(Br)ccc2F)c1. The third-order valence-electron chi connectivity index (χ3n) is 2.87. The predicted molar refractivity (Wildman–Crippen MR) is 80.6 cm³/mol. The Morgan fingerprint density at radius 2 is 1.95 bits per heavy atom. The standard InChI is InChI=1S/C15H16BrFN2/c1-18-14-4-2-3-11(7-14)9-19-10-12-8-13(16)5-6-15(12)17/h2-8,18-19H,9-10H2,1H3. The first kappa shape index (κ1) is 14.0. The van der Waals surface area contributed by atoms with Crippen LogP contribution in [0.2, 0.25) is 0 Å². The molecule has 2 nitrogen and oxygen atoms in total. The third-order valence-corrected chi connectivity index (χ3v) is 3.36. The lowest BCUT2D eigenvalue weighted by atomic mass is 10.2. The molecule has 0 unspecified atom stereocenters. The van der Waals surface area contributed by atoms with Gasteiger partial charge in [-0.05, 0) is 35.9 Å². The fourth-order valence-corrected chi connectivity index (χ4v) is 2.27. The molecule has 0 aliphatic carbocycles. The normalized spacial score (nSPS) is 10.5. The van der Waals surface area contributed by atoms with Crippen molar-refractivity contribution in [2.24, 2.45) is 0 Å². The van der Waals surface area contributed by atoms with Crippen LogP contribution in [-0.4, -0.2) is 7.05 Å². The molecule has 0 heterocycles. The van der Waals surface area contributed by atoms with Crippen molar-refractivity contribution in [3.05, 3.63) is 63.9 Å². The fourth-order valence-electron chi connectivity index (χ4n) is 1.86. The molecule has 0 saturated carbocycles. The van der Waals surface area contributed by atoms with Crippen LogP contribution in [0.25, 0.3) is 0 Å². The van der Waals surface area contributed by atoms with Crippen molar-refractivity contribution in [3.8, 4) is 0 Å². The molecule has 2 aromatic carbocycles. The molecule has 19 heavy (non-hydrogen) atoms. The predicted octanol–water partition coefficient (Wildman–Crippen LogP) is 3.92. The average molecular weight is 323 g/mol. The van der Waals surface area contributed by atoms with Gasteiger partial charge in [-0.15, -0.1) is 0 Å². The van der Waals surface area contributed by atoms with Gasteiger partial charge in [-0.2, -0.15) is 0 Å². The maximum absolute atomic E-state index is 13.5. The van der Waals surface area contributed by atoms with Gasteiger partial charge in [-0.3, -0.25) is 0 Å². The lowest BCUT2D eigenvalue weighted by molar-refractivity contribution is 0.587. The number of hydrogen-bond acceptors (Lipinski definition) is 2. The smallest absolute Gasteiger partial charge is 0.127 e. The zero-order valence-electron chi connectivity index (χ0n) is 10.7. The van der Waals surface area contributed by atoms with Gasteiger partial charge in [0.05, 0.1) is 0 Å². The van der Waals surface area contributed by atoms with Crippen LogP contribution < -0.4 is 10.6 Å². The second-order valence-corrected chi connectivity index (χ2v) is 5.21. The van der Waals surface area contributed by atoms with Gasteiger partial charge in [0.15, 0.2) is 0 Å². The average Bonchev–Trinajstić information content (AvgIpc) is 2.43. The van der Waals surface area contributed by atoms with Crippen molar-refractivity contribution >= 4 is 21.6 Å². The van der Waals surface area contributed by atoms with Crippen molar-refractivity contribution in [2.75, 3.05) is 12.4 Å². The Labute approximate surface area is 121 Å². The zero-order valence-corrected chi connectivity index (χ0v) is 12.3. The van der Waals surface area contributed by atoms with Crippen LogP contribution in [0.1, 0.15) is 11.1 Å². The zero-order chi connectivity index (χ0) is 13.7. The van der Waals surface area contributed by atoms with E-state index in [0.717, 1.165) is 10.2 Å². The van der Waals surface area contributed by atoms with Crippen molar-refractivity contribution in [1.82, 2.24) is 5.32 Å². The van der Waals surface area contributed by atoms with E-state index in [2.05, 4.69) is 32.6 Å². The van der Waals surface area contributed by atoms with Crippen LogP contribution in [0, 0.1) is 5.82 Å². The van der Waals surface area contributed by atoms with E-state index < -0.39 is 0 Å². The van der Waals surface area contributed by atoms with Crippen molar-refractivity contribution in [3.63, 3.8) is 0 Å². The molecule has 4 heteroatoms. The van der Waals surface area contributed by atoms with E-state index in [4.69, 9.17) is 0 Å². The lowest BCUT2D eigenvalue weighted by Crippen LogP contribution is -2.13. The molecule has 0 bridgehead atoms. The maximum atomic E-state index is 13.5. The van der Waals surface area contributed by atoms with Crippen molar-refractivity contribution < 1.29 is 4.39 Å². The molecule has 0 aromatic heterocycles. The summed E-state index contributed by atoms with van der Waals surface area (Å²) in [6.07, 6.45) is 0. The molecule has 0 aliphatic heterocycles. The van der Waals surface area contributed by atoms with Crippen LogP contribution in [0.3, 0.4) is 0 Å². The Kier molecular flexibility index (Phi) is 4.93. The van der Waals surface area contributed by atoms with Crippen LogP contribution >= 0.6 is 15.9 Å². The first-order valence-corrected chi connectivity index (χ1v) is 6.89. The summed E-state index contributed by atoms with van der Waals surface area (Å²) in [4.78, 5) is 0. The van der Waals surface area contributed by atoms with E-state index in [1.165, 1.54) is 11.6 Å². The van der Waals surface area contributed by atoms with E-state index in [1.807, 2.05) is 25.2 Å². The minimum atomic E-state index is -0.181. The Morgan fingerprint density at radius 1 is 1.11 bits per heavy atom. The highest BCUT2D eigenvalue weighted by atomic mass is 79.9. The maximum Gasteiger partial charge on any atom is 0.127 e. The summed E-state index contributed by atoms with van der Waals surface area (Å²) in [5.74, 6) is -0.181. The number of halogens is 2. The van der Waals surface area contributed by atoms with Gasteiger partial charge in [0, 0.05) is 35.9 Å². The van der Waals surface area contributed by atoms with Crippen LogP contribution in [-0.2, 0) is 13.1 Å². The lowest BCUT2D eigenvalue weighted by Gasteiger charge is -2.08. The van der Waals surface area contributed by atoms with Crippen LogP contribution in [0.15, 0.2) is 46.9 Å². The third kappa shape index (κ3) is 4.04. The molecule has 0 radical (unpaired) electrons. The van der Waals surface area contributed by atoms with E-state index in [0.29, 0.717) is 18.7 Å². The fraction of sp³-hybridized carbons (Fsp3) is 0.200. The van der Waals surface area contributed by atoms with Crippen molar-refractivity contribution in [1.29, 1.82) is 0 Å². The first-order chi connectivity index (χ1) is 9.19. The Balaban J connectivity index is 1.94. The highest BCUT2D eigenvalue weighted by Crippen LogP contribution is 2.15. The summed E-state index contributed by atoms with van der Waals surface area (Å²) < 4.78 is 14.4. The first-order valence-electron chi connectivity index (χ1n) is 6.10. The Morgan fingerprint density at radius 3 is 2.74 bits per heavy atom. The molecule has 2 rings (SSSR count). The van der Waals surface area contributed by atoms with Crippen LogP contribution in [0.4, 0.5) is 10.1 Å². The number of benzene rings is 2. The summed E-state index contributed by atoms with van der Waals surface area (Å²) in [5, 5.41) is 6.35. The molecule has 100 valence electrons. The monoisotopic (exact) mass is 322 g/mol. The number of anilines is 1. The van der Waals surface area contributed by atoms with Gasteiger partial charge in [-0.25, -0.2) is 4.39 Å². The minimum absolute atomic E-state index is 0.181. The summed E-state index contributed by atoms with van der Waals surface area (Å²) in [6, 6.07) is 13.1. The topological polar surface area (TPSA) is 24.1 Å². The molecule has 0 spiro atoms. The molecule has 2 aromatic rings. The molecule has 0 atom stereocenters. The molecule has 0 saturated heterocycles. The largest absolute Gasteiger partial charge is 0.388 e. The van der Waals surface area contributed by atoms with Gasteiger partial charge in [-0.1, -0.05) is 28.1 Å². The van der Waals surface area contributed by atoms with Crippen LogP contribution in [0.5, 0.6) is 0 Å². The Bertz CT molecular complexity index is 558. The van der Waals surface area contributed by atoms with Gasteiger partial charge in [0.25, 0.3) is 0 Å². The number of rotatable bonds is 5. The molecule has 0 amide bonds. The van der Waals surface area contributed by atoms with E-state index >= 15 is 0 Å². The number of nitrogens with one attached hydrogen (secondary N) is 2. The van der Waals surface area contributed by atoms with E-state index in [-0.39, 0.29) is 5.82 Å². The molecule has 2 N–H and O–H groups in total. The second kappa shape index (κ2) is 6.68. The second-order valence-electron chi connectivity index (χ2n) is 4.29. The number of hydrogen-bond donors (Lipinski definition) is 2. The van der Waals surface area contributed by atoms with E-state index in [9.17, 15) is 4.39 Å². The molecule has 0 aliphatic rings. The van der Waals surface area contributed by atoms with Crippen molar-refractivity contribution in [2.45, 2.75) is 13.1 Å². The summed E-state index contributed by atoms with van der Waals surface area (Å²) in [6.45, 7) is 1.22. The summed E-state index contributed by atoms with van der Waals surface area (Å²) in [5.41, 5.74) is 2.91. The van der Waals surface area contributed by atoms with Gasteiger partial charge in [0.2, 0.25) is 0 Å². The van der Waals surface area contributed by atoms with E-state index in [1.54, 1.807) is 12.1 Å². The molecular formula is C15H16BrFN2. The molecule has 0 fully saturated rings. The molecular weight excluding hydrogens is 307 g/mol. The minimum Gasteiger partial charge on any atom is -0.388 e. The van der Waals surface area contributed by atoms with Gasteiger partial charge in [0.1, 0.15) is 5.82 Å². The summed E-state index contributed by atoms with van der Waals surface area (Å²) in [7, 11) is 1.89. The summed E-state index contributed by atoms with van der Waals surface area (Å²) >= 11 is 3.35. The van der Waals surface area contributed by atoms with Gasteiger partial charge < -0.3 is 10.6 Å². The highest BCUT2D eigenvalue weighted by molar-refractivity contribution is 9.10. The highest BCUT2D eigenvalue weighted by Gasteiger charge is 2.02. The van der Waals surface area contributed by atoms with Gasteiger partial charge >= 0.3 is 0 Å². The quantitative estimate of drug-likeness (QED) is 0.871.